The van der Waals surface area contributed by atoms with Gasteiger partial charge in [-0.2, -0.15) is 0 Å². The summed E-state index contributed by atoms with van der Waals surface area (Å²) in [5.74, 6) is 0.271. The van der Waals surface area contributed by atoms with Crippen molar-refractivity contribution in [3.8, 4) is 0 Å². The molecule has 2 aliphatic rings. The molecule has 2 saturated heterocycles. The van der Waals surface area contributed by atoms with Gasteiger partial charge in [0.25, 0.3) is 0 Å². The van der Waals surface area contributed by atoms with Gasteiger partial charge in [-0.05, 0) is 19.8 Å². The molecule has 2 atom stereocenters. The Hall–Kier alpha value is -0.320. The highest BCUT2D eigenvalue weighted by atomic mass is 35.5. The lowest BCUT2D eigenvalue weighted by atomic mass is 10.1. The topological polar surface area (TPSA) is 41.6 Å². The van der Waals surface area contributed by atoms with Crippen molar-refractivity contribution in [2.24, 2.45) is 0 Å². The quantitative estimate of drug-likeness (QED) is 0.833. The van der Waals surface area contributed by atoms with Crippen molar-refractivity contribution in [2.75, 3.05) is 26.2 Å². The Morgan fingerprint density at radius 2 is 2.22 bits per heavy atom. The lowest BCUT2D eigenvalue weighted by molar-refractivity contribution is -0.136. The van der Waals surface area contributed by atoms with Gasteiger partial charge >= 0.3 is 0 Å². The summed E-state index contributed by atoms with van der Waals surface area (Å²) in [7, 11) is 0. The third kappa shape index (κ3) is 4.41. The van der Waals surface area contributed by atoms with Gasteiger partial charge in [0.1, 0.15) is 0 Å². The molecular weight excluding hydrogens is 252 g/mol. The molecule has 0 aromatic heterocycles. The second kappa shape index (κ2) is 7.97. The number of nitrogens with zero attached hydrogens (tertiary/aromatic N) is 1. The summed E-state index contributed by atoms with van der Waals surface area (Å²) < 4.78 is 5.60. The van der Waals surface area contributed by atoms with Crippen molar-refractivity contribution in [3.05, 3.63) is 0 Å². The zero-order chi connectivity index (χ0) is 12.1. The molecule has 2 aliphatic heterocycles. The van der Waals surface area contributed by atoms with Crippen molar-refractivity contribution >= 4 is 18.3 Å². The minimum absolute atomic E-state index is 0. The summed E-state index contributed by atoms with van der Waals surface area (Å²) in [6, 6.07) is 0.404. The number of halogens is 1. The van der Waals surface area contributed by atoms with Crippen molar-refractivity contribution in [3.63, 3.8) is 0 Å². The fourth-order valence-corrected chi connectivity index (χ4v) is 2.71. The van der Waals surface area contributed by atoms with E-state index in [-0.39, 0.29) is 24.4 Å². The maximum absolute atomic E-state index is 12.2. The smallest absolute Gasteiger partial charge is 0.225 e. The molecule has 18 heavy (non-hydrogen) atoms. The summed E-state index contributed by atoms with van der Waals surface area (Å²) >= 11 is 0. The molecule has 0 spiro atoms. The molecule has 4 nitrogen and oxygen atoms in total. The van der Waals surface area contributed by atoms with Gasteiger partial charge in [0, 0.05) is 25.7 Å². The van der Waals surface area contributed by atoms with E-state index in [1.54, 1.807) is 0 Å². The molecule has 0 aromatic rings. The Morgan fingerprint density at radius 1 is 1.39 bits per heavy atom. The summed E-state index contributed by atoms with van der Waals surface area (Å²) in [6.45, 7) is 5.55. The number of ether oxygens (including phenoxy) is 1. The first kappa shape index (κ1) is 15.7. The Labute approximate surface area is 116 Å². The van der Waals surface area contributed by atoms with Crippen LogP contribution in [0.2, 0.25) is 0 Å². The molecule has 2 rings (SSSR count). The molecule has 1 amide bonds. The number of likely N-dealkylation sites (tertiary alicyclic amines) is 1. The third-order valence-corrected chi connectivity index (χ3v) is 3.78. The van der Waals surface area contributed by atoms with Crippen LogP contribution in [-0.2, 0) is 9.53 Å². The van der Waals surface area contributed by atoms with Crippen LogP contribution in [0.4, 0.5) is 0 Å². The van der Waals surface area contributed by atoms with Crippen LogP contribution in [0.3, 0.4) is 0 Å². The Kier molecular flexibility index (Phi) is 6.97. The molecule has 0 saturated carbocycles. The van der Waals surface area contributed by atoms with E-state index in [1.165, 1.54) is 12.8 Å². The molecule has 0 bridgehead atoms. The summed E-state index contributed by atoms with van der Waals surface area (Å²) in [5, 5.41) is 3.27. The largest absolute Gasteiger partial charge is 0.375 e. The van der Waals surface area contributed by atoms with Gasteiger partial charge < -0.3 is 15.0 Å². The van der Waals surface area contributed by atoms with Gasteiger partial charge in [-0.1, -0.05) is 12.8 Å². The second-order valence-electron chi connectivity index (χ2n) is 5.19. The lowest BCUT2D eigenvalue weighted by Gasteiger charge is -2.30. The fourth-order valence-electron chi connectivity index (χ4n) is 2.71. The summed E-state index contributed by atoms with van der Waals surface area (Å²) in [5.41, 5.74) is 0. The maximum atomic E-state index is 12.2. The van der Waals surface area contributed by atoms with Crippen LogP contribution in [0.25, 0.3) is 0 Å². The Bertz CT molecular complexity index is 257. The van der Waals surface area contributed by atoms with E-state index in [2.05, 4.69) is 17.1 Å². The number of carbonyl (C=O) groups is 1. The molecule has 2 unspecified atom stereocenters. The molecule has 106 valence electrons. The average Bonchev–Trinajstić information content (AvgIpc) is 2.55. The normalized spacial score (nSPS) is 29.3. The van der Waals surface area contributed by atoms with Gasteiger partial charge in [0.15, 0.2) is 0 Å². The number of hydrogen-bond acceptors (Lipinski definition) is 3. The van der Waals surface area contributed by atoms with Crippen LogP contribution in [-0.4, -0.2) is 49.2 Å². The third-order valence-electron chi connectivity index (χ3n) is 3.78. The van der Waals surface area contributed by atoms with E-state index in [1.807, 2.05) is 0 Å². The molecular formula is C13H25ClN2O2. The fraction of sp³-hybridized carbons (Fsp3) is 0.923. The van der Waals surface area contributed by atoms with Gasteiger partial charge in [-0.15, -0.1) is 12.4 Å². The van der Waals surface area contributed by atoms with Gasteiger partial charge in [-0.3, -0.25) is 4.79 Å². The number of carbonyl (C=O) groups excluding carboxylic acids is 1. The zero-order valence-electron chi connectivity index (χ0n) is 11.2. The molecule has 0 radical (unpaired) electrons. The van der Waals surface area contributed by atoms with Crippen LogP contribution < -0.4 is 5.32 Å². The standard InChI is InChI=1S/C13H24N2O2.ClH/c1-11-5-3-2-4-7-15(11)13(16)9-12-10-14-6-8-17-12;/h11-12,14H,2-10H2,1H3;1H. The average molecular weight is 277 g/mol. The van der Waals surface area contributed by atoms with E-state index < -0.39 is 0 Å². The number of amides is 1. The number of rotatable bonds is 2. The minimum atomic E-state index is 0. The predicted molar refractivity (Wildman–Crippen MR) is 74.1 cm³/mol. The molecule has 2 heterocycles. The highest BCUT2D eigenvalue weighted by molar-refractivity contribution is 5.85. The van der Waals surface area contributed by atoms with Crippen molar-refractivity contribution in [1.29, 1.82) is 0 Å². The monoisotopic (exact) mass is 276 g/mol. The van der Waals surface area contributed by atoms with Gasteiger partial charge in [0.2, 0.25) is 5.91 Å². The van der Waals surface area contributed by atoms with E-state index in [0.29, 0.717) is 12.5 Å². The van der Waals surface area contributed by atoms with Crippen LogP contribution in [0, 0.1) is 0 Å². The highest BCUT2D eigenvalue weighted by Gasteiger charge is 2.25. The minimum Gasteiger partial charge on any atom is -0.375 e. The number of morpholine rings is 1. The van der Waals surface area contributed by atoms with Crippen LogP contribution in [0.1, 0.15) is 39.0 Å². The van der Waals surface area contributed by atoms with Crippen molar-refractivity contribution < 1.29 is 9.53 Å². The van der Waals surface area contributed by atoms with Crippen molar-refractivity contribution in [1.82, 2.24) is 10.2 Å². The first-order valence-electron chi connectivity index (χ1n) is 6.89. The van der Waals surface area contributed by atoms with Gasteiger partial charge in [-0.25, -0.2) is 0 Å². The summed E-state index contributed by atoms with van der Waals surface area (Å²) in [4.78, 5) is 14.3. The van der Waals surface area contributed by atoms with Crippen molar-refractivity contribution in [2.45, 2.75) is 51.2 Å². The van der Waals surface area contributed by atoms with Crippen LogP contribution in [0.5, 0.6) is 0 Å². The van der Waals surface area contributed by atoms with Crippen LogP contribution in [0.15, 0.2) is 0 Å². The van der Waals surface area contributed by atoms with E-state index in [4.69, 9.17) is 4.74 Å². The number of hydrogen-bond donors (Lipinski definition) is 1. The van der Waals surface area contributed by atoms with Gasteiger partial charge in [0.05, 0.1) is 19.1 Å². The second-order valence-corrected chi connectivity index (χ2v) is 5.19. The maximum Gasteiger partial charge on any atom is 0.225 e. The molecule has 2 fully saturated rings. The zero-order valence-corrected chi connectivity index (χ0v) is 12.0. The molecule has 0 aliphatic carbocycles. The Morgan fingerprint density at radius 3 is 2.94 bits per heavy atom. The predicted octanol–water partition coefficient (Wildman–Crippen LogP) is 1.58. The molecule has 5 heteroatoms. The molecule has 0 aromatic carbocycles. The highest BCUT2D eigenvalue weighted by Crippen LogP contribution is 2.18. The van der Waals surface area contributed by atoms with E-state index >= 15 is 0 Å². The lowest BCUT2D eigenvalue weighted by Crippen LogP contribution is -2.44. The first-order chi connectivity index (χ1) is 8.27. The summed E-state index contributed by atoms with van der Waals surface area (Å²) in [6.07, 6.45) is 5.43. The van der Waals surface area contributed by atoms with E-state index in [0.717, 1.165) is 39.1 Å². The van der Waals surface area contributed by atoms with E-state index in [9.17, 15) is 4.79 Å². The first-order valence-corrected chi connectivity index (χ1v) is 6.89. The van der Waals surface area contributed by atoms with Crippen LogP contribution >= 0.6 is 12.4 Å². The number of nitrogens with one attached hydrogen (secondary N) is 1. The molecule has 1 N–H and O–H groups in total. The Balaban J connectivity index is 0.00000162. The SMILES string of the molecule is CC1CCCCCN1C(=O)CC1CNCCO1.Cl.